The molecule has 3 N–H and O–H groups in total. The second kappa shape index (κ2) is 8.63. The van der Waals surface area contributed by atoms with Gasteiger partial charge in [0.1, 0.15) is 0 Å². The molecular weight excluding hydrogens is 402 g/mol. The zero-order valence-electron chi connectivity index (χ0n) is 16.5. The lowest BCUT2D eigenvalue weighted by Crippen LogP contribution is -2.19. The molecule has 0 saturated heterocycles. The molecule has 0 spiro atoms. The highest BCUT2D eigenvalue weighted by Crippen LogP contribution is 2.21. The quantitative estimate of drug-likeness (QED) is 0.489. The Morgan fingerprint density at radius 2 is 1.38 bits per heavy atom. The molecule has 0 aliphatic carbocycles. The molecule has 0 aliphatic rings. The van der Waals surface area contributed by atoms with Crippen LogP contribution in [0.15, 0.2) is 71.6 Å². The molecule has 0 radical (unpaired) electrons. The summed E-state index contributed by atoms with van der Waals surface area (Å²) in [5, 5.41) is 6.65. The number of anilines is 3. The molecule has 5 nitrogen and oxygen atoms in total. The van der Waals surface area contributed by atoms with Gasteiger partial charge in [0.2, 0.25) is 0 Å². The first-order valence-electron chi connectivity index (χ1n) is 9.08. The van der Waals surface area contributed by atoms with Crippen LogP contribution in [0.4, 0.5) is 17.1 Å². The third-order valence-electron chi connectivity index (χ3n) is 4.29. The van der Waals surface area contributed by atoms with E-state index in [1.807, 2.05) is 45.0 Å². The molecule has 0 aromatic heterocycles. The van der Waals surface area contributed by atoms with Gasteiger partial charge in [0.05, 0.1) is 10.6 Å². The Hall–Kier alpha value is -2.90. The lowest BCUT2D eigenvalue weighted by atomic mass is 10.1. The van der Waals surface area contributed by atoms with E-state index in [1.165, 1.54) is 0 Å². The molecule has 0 atom stereocenters. The van der Waals surface area contributed by atoms with Crippen LogP contribution in [-0.2, 0) is 10.0 Å². The zero-order valence-corrected chi connectivity index (χ0v) is 18.1. The molecule has 3 aromatic rings. The van der Waals surface area contributed by atoms with E-state index in [-0.39, 0.29) is 4.90 Å². The van der Waals surface area contributed by atoms with Crippen molar-refractivity contribution in [2.24, 2.45) is 0 Å². The van der Waals surface area contributed by atoms with Crippen LogP contribution in [0.1, 0.15) is 16.7 Å². The Bertz CT molecular complexity index is 1120. The molecule has 29 heavy (non-hydrogen) atoms. The van der Waals surface area contributed by atoms with Gasteiger partial charge in [0, 0.05) is 11.4 Å². The highest BCUT2D eigenvalue weighted by Gasteiger charge is 2.15. The van der Waals surface area contributed by atoms with Crippen molar-refractivity contribution in [2.75, 3.05) is 15.4 Å². The van der Waals surface area contributed by atoms with Crippen LogP contribution in [0, 0.1) is 20.8 Å². The number of hydrogen-bond acceptors (Lipinski definition) is 3. The molecule has 7 heteroatoms. The second-order valence-electron chi connectivity index (χ2n) is 6.90. The Morgan fingerprint density at radius 1 is 0.793 bits per heavy atom. The number of benzene rings is 3. The molecule has 0 unspecified atom stereocenters. The number of para-hydroxylation sites is 1. The summed E-state index contributed by atoms with van der Waals surface area (Å²) in [5.41, 5.74) is 5.31. The van der Waals surface area contributed by atoms with Gasteiger partial charge in [-0.3, -0.25) is 4.72 Å². The molecule has 0 amide bonds. The summed E-state index contributed by atoms with van der Waals surface area (Å²) < 4.78 is 27.9. The molecule has 0 fully saturated rings. The predicted octanol–water partition coefficient (Wildman–Crippen LogP) is 5.22. The summed E-state index contributed by atoms with van der Waals surface area (Å²) in [5.74, 6) is 0. The summed E-state index contributed by atoms with van der Waals surface area (Å²) in [6.45, 7) is 5.91. The van der Waals surface area contributed by atoms with Gasteiger partial charge < -0.3 is 10.6 Å². The number of hydrogen-bond donors (Lipinski definition) is 3. The van der Waals surface area contributed by atoms with E-state index in [1.54, 1.807) is 36.4 Å². The molecule has 0 saturated carbocycles. The Balaban J connectivity index is 1.68. The Morgan fingerprint density at radius 3 is 2.00 bits per heavy atom. The highest BCUT2D eigenvalue weighted by atomic mass is 32.2. The van der Waals surface area contributed by atoms with Gasteiger partial charge in [-0.15, -0.1) is 0 Å². The average Bonchev–Trinajstić information content (AvgIpc) is 2.63. The summed E-state index contributed by atoms with van der Waals surface area (Å²) in [6, 6.07) is 19.8. The van der Waals surface area contributed by atoms with E-state index in [0.717, 1.165) is 22.4 Å². The fraction of sp³-hybridized carbons (Fsp3) is 0.136. The van der Waals surface area contributed by atoms with Crippen molar-refractivity contribution < 1.29 is 8.42 Å². The lowest BCUT2D eigenvalue weighted by molar-refractivity contribution is 0.601. The van der Waals surface area contributed by atoms with Crippen LogP contribution >= 0.6 is 12.2 Å². The van der Waals surface area contributed by atoms with Crippen molar-refractivity contribution in [3.8, 4) is 0 Å². The molecule has 0 aliphatic heterocycles. The summed E-state index contributed by atoms with van der Waals surface area (Å²) in [4.78, 5) is 0.180. The minimum absolute atomic E-state index is 0.180. The van der Waals surface area contributed by atoms with Gasteiger partial charge in [0.15, 0.2) is 5.11 Å². The number of rotatable bonds is 5. The first kappa shape index (κ1) is 20.8. The van der Waals surface area contributed by atoms with E-state index in [2.05, 4.69) is 21.4 Å². The van der Waals surface area contributed by atoms with Gasteiger partial charge in [-0.05, 0) is 92.1 Å². The maximum absolute atomic E-state index is 12.6. The summed E-state index contributed by atoms with van der Waals surface area (Å²) in [7, 11) is -3.67. The van der Waals surface area contributed by atoms with Crippen molar-refractivity contribution >= 4 is 44.4 Å². The van der Waals surface area contributed by atoms with Gasteiger partial charge in [-0.1, -0.05) is 24.3 Å². The van der Waals surface area contributed by atoms with Crippen molar-refractivity contribution in [1.82, 2.24) is 0 Å². The SMILES string of the molecule is Cc1cc(C)cc(NC(=S)Nc2ccc(S(=O)(=O)Nc3ccccc3C)cc2)c1. The van der Waals surface area contributed by atoms with Crippen LogP contribution in [-0.4, -0.2) is 13.5 Å². The minimum Gasteiger partial charge on any atom is -0.332 e. The lowest BCUT2D eigenvalue weighted by Gasteiger charge is -2.13. The summed E-state index contributed by atoms with van der Waals surface area (Å²) in [6.07, 6.45) is 0. The Kier molecular flexibility index (Phi) is 6.20. The molecule has 3 rings (SSSR count). The molecular formula is C22H23N3O2S2. The maximum Gasteiger partial charge on any atom is 0.261 e. The number of aryl methyl sites for hydroxylation is 3. The van der Waals surface area contributed by atoms with Crippen molar-refractivity contribution in [3.05, 3.63) is 83.4 Å². The average molecular weight is 426 g/mol. The first-order chi connectivity index (χ1) is 13.7. The Labute approximate surface area is 177 Å². The van der Waals surface area contributed by atoms with Crippen molar-refractivity contribution in [1.29, 1.82) is 0 Å². The first-order valence-corrected chi connectivity index (χ1v) is 11.0. The normalized spacial score (nSPS) is 11.0. The topological polar surface area (TPSA) is 70.2 Å². The van der Waals surface area contributed by atoms with Crippen LogP contribution in [0.5, 0.6) is 0 Å². The number of thiocarbonyl (C=S) groups is 1. The third kappa shape index (κ3) is 5.56. The fourth-order valence-corrected chi connectivity index (χ4v) is 4.32. The van der Waals surface area contributed by atoms with Gasteiger partial charge >= 0.3 is 0 Å². The predicted molar refractivity (Wildman–Crippen MR) is 124 cm³/mol. The standard InChI is InChI=1S/C22H23N3O2S2/c1-15-12-16(2)14-19(13-15)24-22(28)23-18-8-10-20(11-9-18)29(26,27)25-21-7-5-4-6-17(21)3/h4-14,25H,1-3H3,(H2,23,24,28). The highest BCUT2D eigenvalue weighted by molar-refractivity contribution is 7.92. The molecule has 0 heterocycles. The van der Waals surface area contributed by atoms with Gasteiger partial charge in [-0.25, -0.2) is 8.42 Å². The fourth-order valence-electron chi connectivity index (χ4n) is 2.95. The van der Waals surface area contributed by atoms with Crippen LogP contribution < -0.4 is 15.4 Å². The van der Waals surface area contributed by atoms with E-state index in [0.29, 0.717) is 16.5 Å². The van der Waals surface area contributed by atoms with Gasteiger partial charge in [-0.2, -0.15) is 0 Å². The van der Waals surface area contributed by atoms with Crippen LogP contribution in [0.25, 0.3) is 0 Å². The molecule has 3 aromatic carbocycles. The molecule has 150 valence electrons. The monoisotopic (exact) mass is 425 g/mol. The van der Waals surface area contributed by atoms with Crippen molar-refractivity contribution in [3.63, 3.8) is 0 Å². The van der Waals surface area contributed by atoms with E-state index in [4.69, 9.17) is 12.2 Å². The van der Waals surface area contributed by atoms with Crippen LogP contribution in [0.3, 0.4) is 0 Å². The van der Waals surface area contributed by atoms with Crippen molar-refractivity contribution in [2.45, 2.75) is 25.7 Å². The van der Waals surface area contributed by atoms with E-state index in [9.17, 15) is 8.42 Å². The zero-order chi connectivity index (χ0) is 21.0. The van der Waals surface area contributed by atoms with Crippen LogP contribution in [0.2, 0.25) is 0 Å². The number of nitrogens with one attached hydrogen (secondary N) is 3. The van der Waals surface area contributed by atoms with E-state index < -0.39 is 10.0 Å². The van der Waals surface area contributed by atoms with E-state index >= 15 is 0 Å². The second-order valence-corrected chi connectivity index (χ2v) is 8.99. The molecule has 0 bridgehead atoms. The minimum atomic E-state index is -3.67. The summed E-state index contributed by atoms with van der Waals surface area (Å²) >= 11 is 5.36. The number of sulfonamides is 1. The third-order valence-corrected chi connectivity index (χ3v) is 5.88. The largest absolute Gasteiger partial charge is 0.332 e. The smallest absolute Gasteiger partial charge is 0.261 e. The van der Waals surface area contributed by atoms with Gasteiger partial charge in [0.25, 0.3) is 10.0 Å². The maximum atomic E-state index is 12.6.